The monoisotopic (exact) mass is 837 g/mol. The number of quaternary nitrogens is 1. The van der Waals surface area contributed by atoms with Crippen molar-refractivity contribution < 1.29 is 32.9 Å². The van der Waals surface area contributed by atoms with Crippen molar-refractivity contribution in [3.63, 3.8) is 0 Å². The van der Waals surface area contributed by atoms with E-state index in [1.165, 1.54) is 128 Å². The van der Waals surface area contributed by atoms with E-state index in [-0.39, 0.29) is 19.1 Å². The molecule has 0 aliphatic heterocycles. The average Bonchev–Trinajstić information content (AvgIpc) is 3.17. The smallest absolute Gasteiger partial charge is 0.268 e. The van der Waals surface area contributed by atoms with Crippen LogP contribution < -0.4 is 10.2 Å². The molecule has 3 atom stereocenters. The molecule has 0 saturated carbocycles. The number of carbonyl (C=O) groups excluding carboxylic acids is 1. The normalized spacial score (nSPS) is 14.7. The molecule has 2 N–H and O–H groups in total. The summed E-state index contributed by atoms with van der Waals surface area (Å²) in [5.41, 5.74) is 0. The molecule has 0 spiro atoms. The Bertz CT molecular complexity index is 1090. The Hall–Kier alpha value is -1.54. The molecule has 9 heteroatoms. The molecule has 0 radical (unpaired) electrons. The van der Waals surface area contributed by atoms with Crippen LogP contribution in [0, 0.1) is 0 Å². The Morgan fingerprint density at radius 1 is 0.603 bits per heavy atom. The van der Waals surface area contributed by atoms with E-state index in [2.05, 4.69) is 55.6 Å². The van der Waals surface area contributed by atoms with Gasteiger partial charge in [0.05, 0.1) is 39.9 Å². The van der Waals surface area contributed by atoms with Gasteiger partial charge in [-0.2, -0.15) is 0 Å². The van der Waals surface area contributed by atoms with Crippen molar-refractivity contribution in [2.45, 2.75) is 219 Å². The van der Waals surface area contributed by atoms with Crippen LogP contribution in [0.2, 0.25) is 0 Å². The van der Waals surface area contributed by atoms with Crippen LogP contribution >= 0.6 is 7.82 Å². The molecule has 58 heavy (non-hydrogen) atoms. The van der Waals surface area contributed by atoms with Gasteiger partial charge >= 0.3 is 0 Å². The number of phosphoric ester groups is 1. The van der Waals surface area contributed by atoms with Gasteiger partial charge in [0, 0.05) is 6.42 Å². The van der Waals surface area contributed by atoms with E-state index in [4.69, 9.17) is 9.05 Å². The van der Waals surface area contributed by atoms with Crippen LogP contribution in [0.3, 0.4) is 0 Å². The zero-order valence-electron chi connectivity index (χ0n) is 38.5. The highest BCUT2D eigenvalue weighted by molar-refractivity contribution is 7.45. The lowest BCUT2D eigenvalue weighted by atomic mass is 10.0. The van der Waals surface area contributed by atoms with Crippen molar-refractivity contribution in [3.8, 4) is 0 Å². The van der Waals surface area contributed by atoms with Gasteiger partial charge in [-0.25, -0.2) is 0 Å². The molecular formula is C49H93N2O6P. The second kappa shape index (κ2) is 40.8. The first-order valence-corrected chi connectivity index (χ1v) is 25.5. The standard InChI is InChI=1S/C49H93N2O6P/c1-6-8-10-12-14-16-18-20-21-22-23-24-25-26-27-28-29-31-33-35-37-39-41-43-49(53)50-47(46-57-58(54,55)56-45-44-51(3,4)5)48(52)42-40-38-36-34-32-30-19-17-15-13-11-9-7-2/h18,20,22-23,25-26,40,42,47-48,52H,6-17,19,21,24,27-39,41,43-46H2,1-5H3,(H-,50,53,54,55)/b20-18-,23-22-,26-25-,42-40+. The van der Waals surface area contributed by atoms with Crippen LogP contribution in [0.25, 0.3) is 0 Å². The van der Waals surface area contributed by atoms with Crippen LogP contribution in [0.4, 0.5) is 0 Å². The maximum absolute atomic E-state index is 12.9. The summed E-state index contributed by atoms with van der Waals surface area (Å²) in [5.74, 6) is -0.207. The van der Waals surface area contributed by atoms with Crippen LogP contribution in [-0.2, 0) is 18.4 Å². The van der Waals surface area contributed by atoms with E-state index in [1.54, 1.807) is 6.08 Å². The molecule has 0 rings (SSSR count). The van der Waals surface area contributed by atoms with Gasteiger partial charge in [-0.05, 0) is 57.8 Å². The number of allylic oxidation sites excluding steroid dienone is 7. The van der Waals surface area contributed by atoms with Gasteiger partial charge in [0.15, 0.2) is 0 Å². The lowest BCUT2D eigenvalue weighted by Crippen LogP contribution is -2.45. The van der Waals surface area contributed by atoms with Crippen molar-refractivity contribution in [1.82, 2.24) is 5.32 Å². The quantitative estimate of drug-likeness (QED) is 0.0274. The van der Waals surface area contributed by atoms with E-state index in [0.29, 0.717) is 17.4 Å². The predicted molar refractivity (Wildman–Crippen MR) is 247 cm³/mol. The summed E-state index contributed by atoms with van der Waals surface area (Å²) in [6, 6.07) is -0.890. The maximum Gasteiger partial charge on any atom is 0.268 e. The summed E-state index contributed by atoms with van der Waals surface area (Å²) in [7, 11) is 1.25. The fourth-order valence-corrected chi connectivity index (χ4v) is 7.41. The van der Waals surface area contributed by atoms with Crippen LogP contribution in [0.1, 0.15) is 206 Å². The fourth-order valence-electron chi connectivity index (χ4n) is 6.69. The number of hydrogen-bond donors (Lipinski definition) is 2. The van der Waals surface area contributed by atoms with Gasteiger partial charge in [0.1, 0.15) is 13.2 Å². The minimum Gasteiger partial charge on any atom is -0.756 e. The summed E-state index contributed by atoms with van der Waals surface area (Å²) < 4.78 is 23.2. The number of unbranched alkanes of at least 4 members (excludes halogenated alkanes) is 24. The van der Waals surface area contributed by atoms with Crippen molar-refractivity contribution >= 4 is 13.7 Å². The Balaban J connectivity index is 4.33. The highest BCUT2D eigenvalue weighted by Gasteiger charge is 2.23. The molecule has 0 aromatic rings. The highest BCUT2D eigenvalue weighted by Crippen LogP contribution is 2.38. The fraction of sp³-hybridized carbons (Fsp3) is 0.816. The zero-order chi connectivity index (χ0) is 42.8. The van der Waals surface area contributed by atoms with Crippen molar-refractivity contribution in [2.24, 2.45) is 0 Å². The second-order valence-corrected chi connectivity index (χ2v) is 18.9. The van der Waals surface area contributed by atoms with E-state index < -0.39 is 20.0 Å². The van der Waals surface area contributed by atoms with Gasteiger partial charge < -0.3 is 28.8 Å². The van der Waals surface area contributed by atoms with Gasteiger partial charge in [-0.15, -0.1) is 0 Å². The molecule has 0 aromatic heterocycles. The predicted octanol–water partition coefficient (Wildman–Crippen LogP) is 13.0. The summed E-state index contributed by atoms with van der Waals surface area (Å²) in [5, 5.41) is 13.8. The van der Waals surface area contributed by atoms with Crippen LogP contribution in [0.15, 0.2) is 48.6 Å². The minimum atomic E-state index is -4.59. The van der Waals surface area contributed by atoms with Crippen molar-refractivity contribution in [1.29, 1.82) is 0 Å². The Morgan fingerprint density at radius 2 is 1.00 bits per heavy atom. The third-order valence-corrected chi connectivity index (χ3v) is 11.5. The summed E-state index contributed by atoms with van der Waals surface area (Å²) in [6.45, 7) is 4.62. The first kappa shape index (κ1) is 56.5. The zero-order valence-corrected chi connectivity index (χ0v) is 39.4. The van der Waals surface area contributed by atoms with E-state index >= 15 is 0 Å². The average molecular weight is 837 g/mol. The number of rotatable bonds is 43. The largest absolute Gasteiger partial charge is 0.756 e. The topological polar surface area (TPSA) is 108 Å². The summed E-state index contributed by atoms with van der Waals surface area (Å²) in [6.07, 6.45) is 51.5. The molecular weight excluding hydrogens is 744 g/mol. The summed E-state index contributed by atoms with van der Waals surface area (Å²) >= 11 is 0. The minimum absolute atomic E-state index is 0.00392. The lowest BCUT2D eigenvalue weighted by Gasteiger charge is -2.29. The number of nitrogens with zero attached hydrogens (tertiary/aromatic N) is 1. The number of nitrogens with one attached hydrogen (secondary N) is 1. The van der Waals surface area contributed by atoms with Crippen LogP contribution in [0.5, 0.6) is 0 Å². The maximum atomic E-state index is 12.9. The number of likely N-dealkylation sites (N-methyl/N-ethyl adjacent to an activating group) is 1. The molecule has 0 aliphatic rings. The third kappa shape index (κ3) is 42.6. The number of amides is 1. The molecule has 0 bridgehead atoms. The van der Waals surface area contributed by atoms with E-state index in [1.807, 2.05) is 27.2 Å². The molecule has 8 nitrogen and oxygen atoms in total. The van der Waals surface area contributed by atoms with Gasteiger partial charge in [-0.3, -0.25) is 9.36 Å². The number of aliphatic hydroxyl groups excluding tert-OH is 1. The van der Waals surface area contributed by atoms with E-state index in [0.717, 1.165) is 57.8 Å². The number of phosphoric acid groups is 1. The van der Waals surface area contributed by atoms with Crippen molar-refractivity contribution in [3.05, 3.63) is 48.6 Å². The molecule has 0 fully saturated rings. The SMILES string of the molecule is CCCCCCC/C=C\C/C=C\C/C=C\CCCCCCCCCCC(=O)NC(COP(=O)([O-])OCC[N+](C)(C)C)C(O)/C=C/CCCCCCCCCCCCC. The number of hydrogen-bond acceptors (Lipinski definition) is 6. The lowest BCUT2D eigenvalue weighted by molar-refractivity contribution is -0.870. The van der Waals surface area contributed by atoms with Crippen LogP contribution in [-0.4, -0.2) is 68.5 Å². The van der Waals surface area contributed by atoms with Gasteiger partial charge in [-0.1, -0.05) is 191 Å². The third-order valence-electron chi connectivity index (χ3n) is 10.5. The van der Waals surface area contributed by atoms with E-state index in [9.17, 15) is 19.4 Å². The number of aliphatic hydroxyl groups is 1. The first-order valence-electron chi connectivity index (χ1n) is 24.0. The Labute approximate surface area is 359 Å². The number of carbonyl (C=O) groups is 1. The second-order valence-electron chi connectivity index (χ2n) is 17.5. The molecule has 0 saturated heterocycles. The van der Waals surface area contributed by atoms with Crippen molar-refractivity contribution in [2.75, 3.05) is 40.9 Å². The molecule has 0 heterocycles. The Kier molecular flexibility index (Phi) is 39.8. The molecule has 1 amide bonds. The highest BCUT2D eigenvalue weighted by atomic mass is 31.2. The van der Waals surface area contributed by atoms with Gasteiger partial charge in [0.25, 0.3) is 7.82 Å². The summed E-state index contributed by atoms with van der Waals surface area (Å²) in [4.78, 5) is 25.3. The molecule has 340 valence electrons. The first-order chi connectivity index (χ1) is 28.0. The molecule has 0 aromatic carbocycles. The molecule has 0 aliphatic carbocycles. The van der Waals surface area contributed by atoms with Gasteiger partial charge in [0.2, 0.25) is 5.91 Å². The Morgan fingerprint density at radius 3 is 1.45 bits per heavy atom. The molecule has 3 unspecified atom stereocenters.